The molecule has 2 heterocycles. The Morgan fingerprint density at radius 1 is 1.30 bits per heavy atom. The summed E-state index contributed by atoms with van der Waals surface area (Å²) in [5.41, 5.74) is -0.321. The Bertz CT molecular complexity index is 562. The fourth-order valence-electron chi connectivity index (χ4n) is 3.83. The van der Waals surface area contributed by atoms with Crippen LogP contribution in [0.4, 0.5) is 0 Å². The third kappa shape index (κ3) is 3.12. The Labute approximate surface area is 142 Å². The summed E-state index contributed by atoms with van der Waals surface area (Å²) in [6.07, 6.45) is 4.10. The standard InChI is InChI=1S/C18H24ClNO3/c1-18(11-21,12-3-5-13(19)6-4-12)17(22)23-16-9-14-7-8-15(10-16)20(14)2/h3-6,14-16,21H,7-11H2,1-2H3. The maximum absolute atomic E-state index is 12.7. The maximum Gasteiger partial charge on any atom is 0.318 e. The Hall–Kier alpha value is -1.10. The minimum absolute atomic E-state index is 0.0469. The Balaban J connectivity index is 1.72. The van der Waals surface area contributed by atoms with E-state index in [2.05, 4.69) is 11.9 Å². The van der Waals surface area contributed by atoms with E-state index >= 15 is 0 Å². The van der Waals surface area contributed by atoms with Crippen molar-refractivity contribution in [1.82, 2.24) is 4.90 Å². The summed E-state index contributed by atoms with van der Waals surface area (Å²) in [6.45, 7) is 1.44. The number of nitrogens with zero attached hydrogens (tertiary/aromatic N) is 1. The first-order valence-corrected chi connectivity index (χ1v) is 8.62. The van der Waals surface area contributed by atoms with E-state index in [1.807, 2.05) is 0 Å². The minimum atomic E-state index is -1.05. The van der Waals surface area contributed by atoms with E-state index in [1.54, 1.807) is 31.2 Å². The molecule has 0 aliphatic carbocycles. The lowest BCUT2D eigenvalue weighted by molar-refractivity contribution is -0.160. The van der Waals surface area contributed by atoms with Gasteiger partial charge in [0.2, 0.25) is 0 Å². The van der Waals surface area contributed by atoms with Gasteiger partial charge in [0.1, 0.15) is 11.5 Å². The van der Waals surface area contributed by atoms with Crippen LogP contribution in [0.25, 0.3) is 0 Å². The largest absolute Gasteiger partial charge is 0.462 e. The van der Waals surface area contributed by atoms with Gasteiger partial charge in [-0.05, 0) is 57.4 Å². The van der Waals surface area contributed by atoms with Gasteiger partial charge in [0.25, 0.3) is 0 Å². The minimum Gasteiger partial charge on any atom is -0.462 e. The van der Waals surface area contributed by atoms with Crippen LogP contribution in [-0.2, 0) is 14.9 Å². The van der Waals surface area contributed by atoms with Gasteiger partial charge in [-0.2, -0.15) is 0 Å². The van der Waals surface area contributed by atoms with Gasteiger partial charge < -0.3 is 14.7 Å². The van der Waals surface area contributed by atoms with Crippen molar-refractivity contribution >= 4 is 17.6 Å². The summed E-state index contributed by atoms with van der Waals surface area (Å²) in [7, 11) is 2.16. The fraction of sp³-hybridized carbons (Fsp3) is 0.611. The molecule has 1 aromatic carbocycles. The van der Waals surface area contributed by atoms with Crippen molar-refractivity contribution in [3.8, 4) is 0 Å². The summed E-state index contributed by atoms with van der Waals surface area (Å²) < 4.78 is 5.80. The van der Waals surface area contributed by atoms with Gasteiger partial charge in [-0.1, -0.05) is 23.7 Å². The molecule has 4 nitrogen and oxygen atoms in total. The first kappa shape index (κ1) is 16.7. The summed E-state index contributed by atoms with van der Waals surface area (Å²) in [4.78, 5) is 15.1. The molecule has 2 fully saturated rings. The van der Waals surface area contributed by atoms with Gasteiger partial charge in [-0.15, -0.1) is 0 Å². The average molecular weight is 338 g/mol. The molecule has 2 aliphatic heterocycles. The van der Waals surface area contributed by atoms with Crippen LogP contribution in [0.5, 0.6) is 0 Å². The molecule has 5 heteroatoms. The number of hydrogen-bond donors (Lipinski definition) is 1. The van der Waals surface area contributed by atoms with Crippen molar-refractivity contribution in [1.29, 1.82) is 0 Å². The second-order valence-corrected chi connectivity index (χ2v) is 7.48. The highest BCUT2D eigenvalue weighted by Gasteiger charge is 2.43. The second kappa shape index (κ2) is 6.42. The molecule has 3 atom stereocenters. The molecule has 2 bridgehead atoms. The number of piperidine rings is 1. The van der Waals surface area contributed by atoms with Gasteiger partial charge in [0, 0.05) is 17.1 Å². The Kier molecular flexibility index (Phi) is 4.68. The summed E-state index contributed by atoms with van der Waals surface area (Å²) in [5, 5.41) is 10.4. The molecular weight excluding hydrogens is 314 g/mol. The summed E-state index contributed by atoms with van der Waals surface area (Å²) in [6, 6.07) is 8.04. The lowest BCUT2D eigenvalue weighted by atomic mass is 9.83. The molecule has 2 saturated heterocycles. The van der Waals surface area contributed by atoms with Crippen molar-refractivity contribution in [2.45, 2.75) is 56.2 Å². The number of esters is 1. The third-order valence-corrected chi connectivity index (χ3v) is 5.83. The van der Waals surface area contributed by atoms with E-state index in [4.69, 9.17) is 16.3 Å². The summed E-state index contributed by atoms with van der Waals surface area (Å²) in [5.74, 6) is -0.351. The van der Waals surface area contributed by atoms with Gasteiger partial charge >= 0.3 is 5.97 Å². The smallest absolute Gasteiger partial charge is 0.318 e. The van der Waals surface area contributed by atoms with Gasteiger partial charge in [0.15, 0.2) is 0 Å². The van der Waals surface area contributed by atoms with Gasteiger partial charge in [-0.3, -0.25) is 4.79 Å². The second-order valence-electron chi connectivity index (χ2n) is 7.05. The molecule has 1 N–H and O–H groups in total. The van der Waals surface area contributed by atoms with Crippen LogP contribution in [0.1, 0.15) is 38.2 Å². The van der Waals surface area contributed by atoms with Crippen LogP contribution in [0.2, 0.25) is 5.02 Å². The first-order valence-electron chi connectivity index (χ1n) is 8.24. The number of carbonyl (C=O) groups is 1. The molecule has 0 radical (unpaired) electrons. The zero-order chi connectivity index (χ0) is 16.6. The molecule has 23 heavy (non-hydrogen) atoms. The van der Waals surface area contributed by atoms with Crippen LogP contribution < -0.4 is 0 Å². The SMILES string of the molecule is CN1C2CCC1CC(OC(=O)C(C)(CO)c1ccc(Cl)cc1)C2. The molecule has 0 spiro atoms. The molecule has 0 aromatic heterocycles. The van der Waals surface area contributed by atoms with Crippen LogP contribution in [-0.4, -0.2) is 47.8 Å². The van der Waals surface area contributed by atoms with Crippen molar-refractivity contribution < 1.29 is 14.6 Å². The number of rotatable bonds is 4. The number of halogens is 1. The molecule has 3 rings (SSSR count). The molecular formula is C18H24ClNO3. The number of fused-ring (bicyclic) bond motifs is 2. The zero-order valence-electron chi connectivity index (χ0n) is 13.7. The predicted molar refractivity (Wildman–Crippen MR) is 89.6 cm³/mol. The van der Waals surface area contributed by atoms with Crippen LogP contribution >= 0.6 is 11.6 Å². The van der Waals surface area contributed by atoms with Crippen molar-refractivity contribution in [2.75, 3.05) is 13.7 Å². The topological polar surface area (TPSA) is 49.8 Å². The molecule has 2 aliphatic rings. The zero-order valence-corrected chi connectivity index (χ0v) is 14.4. The quantitative estimate of drug-likeness (QED) is 0.858. The lowest BCUT2D eigenvalue weighted by Crippen LogP contribution is -2.46. The number of aliphatic hydroxyl groups excluding tert-OH is 1. The number of ether oxygens (including phenoxy) is 1. The average Bonchev–Trinajstić information content (AvgIpc) is 2.76. The normalized spacial score (nSPS) is 30.0. The molecule has 3 unspecified atom stereocenters. The molecule has 126 valence electrons. The predicted octanol–water partition coefficient (Wildman–Crippen LogP) is 2.76. The van der Waals surface area contributed by atoms with E-state index in [1.165, 1.54) is 12.8 Å². The third-order valence-electron chi connectivity index (χ3n) is 5.58. The molecule has 0 saturated carbocycles. The van der Waals surface area contributed by atoms with E-state index in [-0.39, 0.29) is 18.7 Å². The van der Waals surface area contributed by atoms with E-state index in [9.17, 15) is 9.90 Å². The van der Waals surface area contributed by atoms with Gasteiger partial charge in [0.05, 0.1) is 6.61 Å². The maximum atomic E-state index is 12.7. The molecule has 0 amide bonds. The fourth-order valence-corrected chi connectivity index (χ4v) is 3.96. The number of aliphatic hydroxyl groups is 1. The highest BCUT2D eigenvalue weighted by molar-refractivity contribution is 6.30. The van der Waals surface area contributed by atoms with Crippen LogP contribution in [0, 0.1) is 0 Å². The highest BCUT2D eigenvalue weighted by atomic mass is 35.5. The Morgan fingerprint density at radius 2 is 1.87 bits per heavy atom. The summed E-state index contributed by atoms with van der Waals surface area (Å²) >= 11 is 5.91. The molecule has 1 aromatic rings. The van der Waals surface area contributed by atoms with Gasteiger partial charge in [-0.25, -0.2) is 0 Å². The van der Waals surface area contributed by atoms with Crippen LogP contribution in [0.15, 0.2) is 24.3 Å². The monoisotopic (exact) mass is 337 g/mol. The highest BCUT2D eigenvalue weighted by Crippen LogP contribution is 2.36. The van der Waals surface area contributed by atoms with E-state index in [0.717, 1.165) is 18.4 Å². The van der Waals surface area contributed by atoms with Crippen LogP contribution in [0.3, 0.4) is 0 Å². The van der Waals surface area contributed by atoms with E-state index in [0.29, 0.717) is 17.1 Å². The number of carbonyl (C=O) groups excluding carboxylic acids is 1. The first-order chi connectivity index (χ1) is 10.9. The number of benzene rings is 1. The van der Waals surface area contributed by atoms with E-state index < -0.39 is 5.41 Å². The Morgan fingerprint density at radius 3 is 2.39 bits per heavy atom. The van der Waals surface area contributed by atoms with Crippen molar-refractivity contribution in [3.05, 3.63) is 34.9 Å². The van der Waals surface area contributed by atoms with Crippen molar-refractivity contribution in [2.24, 2.45) is 0 Å². The number of hydrogen-bond acceptors (Lipinski definition) is 4. The van der Waals surface area contributed by atoms with Crippen molar-refractivity contribution in [3.63, 3.8) is 0 Å². The lowest BCUT2D eigenvalue weighted by Gasteiger charge is -2.37.